The van der Waals surface area contributed by atoms with E-state index in [1.54, 1.807) is 0 Å². The van der Waals surface area contributed by atoms with Gasteiger partial charge in [0.15, 0.2) is 11.5 Å². The third-order valence-electron chi connectivity index (χ3n) is 6.62. The Labute approximate surface area is 243 Å². The number of anilines is 1. The SMILES string of the molecule is CCOc1cccc(CN2C(=O)C(=O)/C(=C(/O)c3cc(Cl)c(OC)c(Cl)c3OC)C2c2ccc(N(C)C)cc2)c1. The first-order valence-electron chi connectivity index (χ1n) is 12.5. The summed E-state index contributed by atoms with van der Waals surface area (Å²) in [6, 6.07) is 15.2. The minimum atomic E-state index is -0.906. The van der Waals surface area contributed by atoms with Gasteiger partial charge in [-0.25, -0.2) is 0 Å². The molecule has 8 nitrogen and oxygen atoms in total. The van der Waals surface area contributed by atoms with Crippen LogP contribution in [0.3, 0.4) is 0 Å². The lowest BCUT2D eigenvalue weighted by Gasteiger charge is -2.26. The number of rotatable bonds is 9. The molecule has 0 spiro atoms. The molecule has 3 aromatic rings. The summed E-state index contributed by atoms with van der Waals surface area (Å²) in [7, 11) is 6.59. The topological polar surface area (TPSA) is 88.5 Å². The first kappa shape index (κ1) is 29.1. The summed E-state index contributed by atoms with van der Waals surface area (Å²) in [6.07, 6.45) is 0. The van der Waals surface area contributed by atoms with Gasteiger partial charge in [0.05, 0.1) is 43.0 Å². The van der Waals surface area contributed by atoms with Crippen LogP contribution in [0.15, 0.2) is 60.2 Å². The van der Waals surface area contributed by atoms with Crippen molar-refractivity contribution in [3.8, 4) is 17.2 Å². The second kappa shape index (κ2) is 12.1. The third-order valence-corrected chi connectivity index (χ3v) is 7.25. The lowest BCUT2D eigenvalue weighted by molar-refractivity contribution is -0.140. The molecule has 40 heavy (non-hydrogen) atoms. The third kappa shape index (κ3) is 5.42. The first-order chi connectivity index (χ1) is 19.1. The summed E-state index contributed by atoms with van der Waals surface area (Å²) in [5.74, 6) is -1.20. The van der Waals surface area contributed by atoms with Gasteiger partial charge in [-0.3, -0.25) is 9.59 Å². The number of ketones is 1. The molecule has 4 rings (SSSR count). The van der Waals surface area contributed by atoms with E-state index in [1.165, 1.54) is 25.2 Å². The Kier molecular flexibility index (Phi) is 8.81. The van der Waals surface area contributed by atoms with Gasteiger partial charge in [-0.1, -0.05) is 47.5 Å². The van der Waals surface area contributed by atoms with Crippen LogP contribution in [-0.2, 0) is 16.1 Å². The van der Waals surface area contributed by atoms with E-state index in [1.807, 2.05) is 74.4 Å². The molecule has 0 aromatic heterocycles. The highest BCUT2D eigenvalue weighted by Crippen LogP contribution is 2.47. The minimum absolute atomic E-state index is 0.0212. The number of carbonyl (C=O) groups is 2. The van der Waals surface area contributed by atoms with Gasteiger partial charge in [0.25, 0.3) is 11.7 Å². The van der Waals surface area contributed by atoms with Crippen molar-refractivity contribution in [2.45, 2.75) is 19.5 Å². The van der Waals surface area contributed by atoms with E-state index in [2.05, 4.69) is 0 Å². The van der Waals surface area contributed by atoms with Gasteiger partial charge in [-0.2, -0.15) is 0 Å². The fourth-order valence-electron chi connectivity index (χ4n) is 4.73. The average molecular weight is 585 g/mol. The molecule has 1 atom stereocenters. The number of amides is 1. The highest BCUT2D eigenvalue weighted by atomic mass is 35.5. The molecular formula is C30H30Cl2N2O6. The molecule has 0 bridgehead atoms. The standard InChI is InChI=1S/C30H30Cl2N2O6/c1-6-40-20-9-7-8-17(14-20)16-34-25(18-10-12-19(13-11-18)33(2)3)23(27(36)30(34)37)26(35)21-15-22(31)29(39-5)24(32)28(21)38-4/h7-15,25,35H,6,16H2,1-5H3/b26-23+. The first-order valence-corrected chi connectivity index (χ1v) is 13.3. The summed E-state index contributed by atoms with van der Waals surface area (Å²) in [6.45, 7) is 2.47. The molecule has 210 valence electrons. The molecule has 0 radical (unpaired) electrons. The van der Waals surface area contributed by atoms with Gasteiger partial charge in [0, 0.05) is 26.3 Å². The van der Waals surface area contributed by atoms with Crippen LogP contribution in [0.1, 0.15) is 29.7 Å². The van der Waals surface area contributed by atoms with Crippen LogP contribution in [0, 0.1) is 0 Å². The molecule has 1 saturated heterocycles. The summed E-state index contributed by atoms with van der Waals surface area (Å²) in [5.41, 5.74) is 2.28. The monoisotopic (exact) mass is 584 g/mol. The number of carbonyl (C=O) groups excluding carboxylic acids is 2. The largest absolute Gasteiger partial charge is 0.507 e. The van der Waals surface area contributed by atoms with E-state index in [0.717, 1.165) is 11.3 Å². The number of benzene rings is 3. The smallest absolute Gasteiger partial charge is 0.295 e. The van der Waals surface area contributed by atoms with Crippen LogP contribution in [0.2, 0.25) is 10.0 Å². The van der Waals surface area contributed by atoms with E-state index in [0.29, 0.717) is 17.9 Å². The number of likely N-dealkylation sites (tertiary alicyclic amines) is 1. The predicted molar refractivity (Wildman–Crippen MR) is 156 cm³/mol. The van der Waals surface area contributed by atoms with E-state index >= 15 is 0 Å². The Balaban J connectivity index is 1.91. The van der Waals surface area contributed by atoms with Gasteiger partial charge in [-0.05, 0) is 48.4 Å². The second-order valence-corrected chi connectivity index (χ2v) is 10.1. The maximum atomic E-state index is 13.6. The molecule has 0 aliphatic carbocycles. The van der Waals surface area contributed by atoms with Crippen molar-refractivity contribution in [3.05, 3.63) is 86.9 Å². The fourth-order valence-corrected chi connectivity index (χ4v) is 5.42. The van der Waals surface area contributed by atoms with Crippen LogP contribution in [0.4, 0.5) is 5.69 Å². The van der Waals surface area contributed by atoms with Crippen molar-refractivity contribution in [2.24, 2.45) is 0 Å². The molecule has 1 N–H and O–H groups in total. The van der Waals surface area contributed by atoms with Crippen molar-refractivity contribution in [1.29, 1.82) is 0 Å². The molecule has 1 unspecified atom stereocenters. The predicted octanol–water partition coefficient (Wildman–Crippen LogP) is 6.10. The van der Waals surface area contributed by atoms with Crippen molar-refractivity contribution in [3.63, 3.8) is 0 Å². The van der Waals surface area contributed by atoms with Crippen LogP contribution in [0.25, 0.3) is 5.76 Å². The Bertz CT molecular complexity index is 1470. The van der Waals surface area contributed by atoms with E-state index < -0.39 is 23.5 Å². The summed E-state index contributed by atoms with van der Waals surface area (Å²) in [5, 5.41) is 11.7. The summed E-state index contributed by atoms with van der Waals surface area (Å²) in [4.78, 5) is 30.4. The summed E-state index contributed by atoms with van der Waals surface area (Å²) >= 11 is 12.8. The number of Topliss-reactive ketones (excluding diaryl/α,β-unsaturated/α-hetero) is 1. The molecular weight excluding hydrogens is 555 g/mol. The molecule has 1 amide bonds. The van der Waals surface area contributed by atoms with Crippen molar-refractivity contribution in [1.82, 2.24) is 4.90 Å². The summed E-state index contributed by atoms with van der Waals surface area (Å²) < 4.78 is 16.3. The molecule has 10 heteroatoms. The number of hydrogen-bond acceptors (Lipinski definition) is 7. The molecule has 3 aromatic carbocycles. The van der Waals surface area contributed by atoms with E-state index in [-0.39, 0.29) is 39.2 Å². The number of nitrogens with zero attached hydrogens (tertiary/aromatic N) is 2. The van der Waals surface area contributed by atoms with E-state index in [9.17, 15) is 14.7 Å². The zero-order chi connectivity index (χ0) is 29.1. The number of aliphatic hydroxyl groups excluding tert-OH is 1. The second-order valence-electron chi connectivity index (χ2n) is 9.28. The number of hydrogen-bond donors (Lipinski definition) is 1. The van der Waals surface area contributed by atoms with Crippen molar-refractivity contribution >= 4 is 46.3 Å². The zero-order valence-electron chi connectivity index (χ0n) is 22.8. The maximum Gasteiger partial charge on any atom is 0.295 e. The fraction of sp³-hybridized carbons (Fsp3) is 0.267. The molecule has 1 fully saturated rings. The number of ether oxygens (including phenoxy) is 3. The Morgan fingerprint density at radius 2 is 1.68 bits per heavy atom. The van der Waals surface area contributed by atoms with Crippen LogP contribution >= 0.6 is 23.2 Å². The van der Waals surface area contributed by atoms with Crippen LogP contribution in [0.5, 0.6) is 17.2 Å². The van der Waals surface area contributed by atoms with Gasteiger partial charge in [0.1, 0.15) is 16.5 Å². The minimum Gasteiger partial charge on any atom is -0.507 e. The van der Waals surface area contributed by atoms with Crippen LogP contribution < -0.4 is 19.1 Å². The lowest BCUT2D eigenvalue weighted by Crippen LogP contribution is -2.29. The van der Waals surface area contributed by atoms with Crippen molar-refractivity contribution in [2.75, 3.05) is 39.8 Å². The Morgan fingerprint density at radius 1 is 1.00 bits per heavy atom. The Morgan fingerprint density at radius 3 is 2.27 bits per heavy atom. The number of aliphatic hydroxyl groups is 1. The zero-order valence-corrected chi connectivity index (χ0v) is 24.3. The molecule has 1 aliphatic rings. The molecule has 0 saturated carbocycles. The van der Waals surface area contributed by atoms with E-state index in [4.69, 9.17) is 37.4 Å². The van der Waals surface area contributed by atoms with Crippen molar-refractivity contribution < 1.29 is 28.9 Å². The average Bonchev–Trinajstić information content (AvgIpc) is 3.18. The Hall–Kier alpha value is -3.88. The van der Waals surface area contributed by atoms with Gasteiger partial charge < -0.3 is 29.1 Å². The van der Waals surface area contributed by atoms with Gasteiger partial charge in [-0.15, -0.1) is 0 Å². The molecule has 1 heterocycles. The van der Waals surface area contributed by atoms with Gasteiger partial charge >= 0.3 is 0 Å². The normalized spacial score (nSPS) is 16.3. The lowest BCUT2D eigenvalue weighted by atomic mass is 9.94. The van der Waals surface area contributed by atoms with Crippen LogP contribution in [-0.4, -0.2) is 56.6 Å². The van der Waals surface area contributed by atoms with Gasteiger partial charge in [0.2, 0.25) is 0 Å². The quantitative estimate of drug-likeness (QED) is 0.185. The number of halogens is 2. The maximum absolute atomic E-state index is 13.6. The highest BCUT2D eigenvalue weighted by molar-refractivity contribution is 6.47. The highest BCUT2D eigenvalue weighted by Gasteiger charge is 2.46. The molecule has 1 aliphatic heterocycles. The number of methoxy groups -OCH3 is 2.